The van der Waals surface area contributed by atoms with Crippen LogP contribution in [-0.2, 0) is 35.7 Å². The fourth-order valence-electron chi connectivity index (χ4n) is 5.81. The van der Waals surface area contributed by atoms with Crippen LogP contribution in [-0.4, -0.2) is 42.1 Å². The number of sulfonamides is 1. The van der Waals surface area contributed by atoms with Crippen molar-refractivity contribution < 1.29 is 13.2 Å². The lowest BCUT2D eigenvalue weighted by Gasteiger charge is -2.32. The van der Waals surface area contributed by atoms with E-state index in [0.717, 1.165) is 61.8 Å². The summed E-state index contributed by atoms with van der Waals surface area (Å²) >= 11 is 0. The standard InChI is InChI=1S/C31H42N6O3S/c1-30(2)11-9-25-24(16-30)26(36-19-35-25)13-20-5-6-22-14-21(7-8-27(22)40-12-10-20)23-15-28(29(33)34-17-23)41(38,39)37-31(3,4)18-32/h7-8,14-15,17,19-20,37H,5-6,9-13,16,18,32H2,1-4H3,(H2,33,34). The van der Waals surface area contributed by atoms with Crippen molar-refractivity contribution in [1.29, 1.82) is 0 Å². The molecule has 9 nitrogen and oxygen atoms in total. The van der Waals surface area contributed by atoms with Gasteiger partial charge in [0.15, 0.2) is 0 Å². The first-order valence-electron chi connectivity index (χ1n) is 14.4. The summed E-state index contributed by atoms with van der Waals surface area (Å²) in [4.78, 5) is 13.5. The number of fused-ring (bicyclic) bond motifs is 2. The number of aromatic nitrogens is 3. The Hall–Kier alpha value is -3.08. The van der Waals surface area contributed by atoms with E-state index in [2.05, 4.69) is 34.6 Å². The van der Waals surface area contributed by atoms with E-state index in [1.807, 2.05) is 12.1 Å². The van der Waals surface area contributed by atoms with E-state index in [1.54, 1.807) is 32.4 Å². The highest BCUT2D eigenvalue weighted by Crippen LogP contribution is 2.37. The summed E-state index contributed by atoms with van der Waals surface area (Å²) in [5.41, 5.74) is 17.6. The molecule has 0 saturated carbocycles. The minimum Gasteiger partial charge on any atom is -0.493 e. The number of benzene rings is 1. The number of hydrogen-bond acceptors (Lipinski definition) is 8. The highest BCUT2D eigenvalue weighted by Gasteiger charge is 2.30. The summed E-state index contributed by atoms with van der Waals surface area (Å²) in [5, 5.41) is 0. The average Bonchev–Trinajstić information content (AvgIpc) is 2.90. The number of nitrogen functional groups attached to an aromatic ring is 1. The first-order valence-corrected chi connectivity index (χ1v) is 15.9. The summed E-state index contributed by atoms with van der Waals surface area (Å²) in [6, 6.07) is 7.56. The van der Waals surface area contributed by atoms with Gasteiger partial charge in [0.05, 0.1) is 6.61 Å². The summed E-state index contributed by atoms with van der Waals surface area (Å²) in [7, 11) is -3.92. The molecule has 1 unspecified atom stereocenters. The quantitative estimate of drug-likeness (QED) is 0.378. The van der Waals surface area contributed by atoms with Gasteiger partial charge < -0.3 is 16.2 Å². The van der Waals surface area contributed by atoms with Crippen LogP contribution < -0.4 is 20.9 Å². The van der Waals surface area contributed by atoms with Crippen LogP contribution in [0.5, 0.6) is 5.75 Å². The van der Waals surface area contributed by atoms with E-state index in [9.17, 15) is 8.42 Å². The zero-order valence-corrected chi connectivity index (χ0v) is 25.4. The van der Waals surface area contributed by atoms with Crippen molar-refractivity contribution in [2.24, 2.45) is 17.1 Å². The maximum absolute atomic E-state index is 13.1. The van der Waals surface area contributed by atoms with E-state index in [-0.39, 0.29) is 22.7 Å². The molecule has 0 bridgehead atoms. The molecule has 5 N–H and O–H groups in total. The molecule has 1 aliphatic heterocycles. The number of ether oxygens (including phenoxy) is 1. The first-order chi connectivity index (χ1) is 19.4. The molecule has 0 fully saturated rings. The van der Waals surface area contributed by atoms with Crippen molar-refractivity contribution in [2.45, 2.75) is 83.1 Å². The predicted octanol–water partition coefficient (Wildman–Crippen LogP) is 4.23. The zero-order valence-electron chi connectivity index (χ0n) is 24.5. The third-order valence-electron chi connectivity index (χ3n) is 8.39. The molecule has 0 amide bonds. The molecular formula is C31H42N6O3S. The molecule has 2 aromatic heterocycles. The molecule has 0 spiro atoms. The number of hydrogen-bond donors (Lipinski definition) is 3. The Kier molecular flexibility index (Phi) is 8.11. The molecule has 0 radical (unpaired) electrons. The number of rotatable bonds is 7. The van der Waals surface area contributed by atoms with Crippen LogP contribution in [0, 0.1) is 11.3 Å². The molecule has 3 aromatic rings. The Labute approximate surface area is 243 Å². The molecule has 1 atom stereocenters. The third-order valence-corrected chi connectivity index (χ3v) is 10.1. The van der Waals surface area contributed by atoms with Crippen molar-refractivity contribution in [3.8, 4) is 16.9 Å². The Morgan fingerprint density at radius 2 is 1.90 bits per heavy atom. The Morgan fingerprint density at radius 3 is 2.68 bits per heavy atom. The van der Waals surface area contributed by atoms with E-state index in [1.165, 1.54) is 17.0 Å². The van der Waals surface area contributed by atoms with Crippen molar-refractivity contribution in [3.63, 3.8) is 0 Å². The molecule has 0 saturated heterocycles. The number of anilines is 1. The van der Waals surface area contributed by atoms with Gasteiger partial charge in [0.2, 0.25) is 10.0 Å². The lowest BCUT2D eigenvalue weighted by molar-refractivity contribution is 0.255. The van der Waals surface area contributed by atoms with Gasteiger partial charge >= 0.3 is 0 Å². The zero-order chi connectivity index (χ0) is 29.4. The van der Waals surface area contributed by atoms with Crippen molar-refractivity contribution >= 4 is 15.8 Å². The van der Waals surface area contributed by atoms with Gasteiger partial charge in [-0.2, -0.15) is 0 Å². The second-order valence-electron chi connectivity index (χ2n) is 13.0. The summed E-state index contributed by atoms with van der Waals surface area (Å²) in [5.74, 6) is 1.26. The smallest absolute Gasteiger partial charge is 0.244 e. The topological polar surface area (TPSA) is 146 Å². The van der Waals surface area contributed by atoms with E-state index < -0.39 is 15.6 Å². The Balaban J connectivity index is 1.36. The highest BCUT2D eigenvalue weighted by molar-refractivity contribution is 7.89. The van der Waals surface area contributed by atoms with Crippen LogP contribution in [0.15, 0.2) is 41.7 Å². The summed E-state index contributed by atoms with van der Waals surface area (Å²) < 4.78 is 35.1. The van der Waals surface area contributed by atoms with Gasteiger partial charge in [0.25, 0.3) is 0 Å². The number of nitrogens with zero attached hydrogens (tertiary/aromatic N) is 3. The van der Waals surface area contributed by atoms with Crippen LogP contribution in [0.4, 0.5) is 5.82 Å². The van der Waals surface area contributed by atoms with Crippen LogP contribution in [0.1, 0.15) is 69.5 Å². The van der Waals surface area contributed by atoms with Gasteiger partial charge in [-0.05, 0) is 105 Å². The molecule has 41 heavy (non-hydrogen) atoms. The van der Waals surface area contributed by atoms with Crippen LogP contribution in [0.3, 0.4) is 0 Å². The minimum atomic E-state index is -3.92. The second-order valence-corrected chi connectivity index (χ2v) is 14.6. The van der Waals surface area contributed by atoms with E-state index >= 15 is 0 Å². The van der Waals surface area contributed by atoms with Gasteiger partial charge in [-0.25, -0.2) is 28.1 Å². The maximum atomic E-state index is 13.1. The average molecular weight is 579 g/mol. The van der Waals surface area contributed by atoms with E-state index in [4.69, 9.17) is 21.2 Å². The molecule has 2 aliphatic rings. The SMILES string of the molecule is CC1(C)CCc2ncnc(CC3CCOc4ccc(-c5cnc(N)c(S(=O)(=O)NC(C)(C)CN)c5)cc4CC3)c2C1. The minimum absolute atomic E-state index is 0.0539. The van der Waals surface area contributed by atoms with Gasteiger partial charge in [-0.1, -0.05) is 19.9 Å². The largest absolute Gasteiger partial charge is 0.493 e. The predicted molar refractivity (Wildman–Crippen MR) is 161 cm³/mol. The maximum Gasteiger partial charge on any atom is 0.244 e. The number of nitrogens with one attached hydrogen (secondary N) is 1. The van der Waals surface area contributed by atoms with Gasteiger partial charge in [0, 0.05) is 35.2 Å². The lowest BCUT2D eigenvalue weighted by Crippen LogP contribution is -2.48. The number of nitrogens with two attached hydrogens (primary N) is 2. The Morgan fingerprint density at radius 1 is 1.10 bits per heavy atom. The summed E-state index contributed by atoms with van der Waals surface area (Å²) in [6.07, 6.45) is 10.3. The van der Waals surface area contributed by atoms with Gasteiger partial charge in [-0.3, -0.25) is 0 Å². The molecule has 220 valence electrons. The highest BCUT2D eigenvalue weighted by atomic mass is 32.2. The number of aryl methyl sites for hydroxylation is 2. The fourth-order valence-corrected chi connectivity index (χ4v) is 7.34. The third kappa shape index (κ3) is 6.71. The fraction of sp³-hybridized carbons (Fsp3) is 0.516. The molecule has 10 heteroatoms. The van der Waals surface area contributed by atoms with Crippen LogP contribution in [0.25, 0.3) is 11.1 Å². The molecule has 1 aromatic carbocycles. The molecule has 3 heterocycles. The number of pyridine rings is 1. The molecule has 1 aliphatic carbocycles. The van der Waals surface area contributed by atoms with Crippen molar-refractivity contribution in [1.82, 2.24) is 19.7 Å². The lowest BCUT2D eigenvalue weighted by atomic mass is 9.74. The van der Waals surface area contributed by atoms with Gasteiger partial charge in [0.1, 0.15) is 22.8 Å². The molecular weight excluding hydrogens is 536 g/mol. The monoisotopic (exact) mass is 578 g/mol. The van der Waals surface area contributed by atoms with Crippen LogP contribution >= 0.6 is 0 Å². The van der Waals surface area contributed by atoms with Crippen molar-refractivity contribution in [2.75, 3.05) is 18.9 Å². The van der Waals surface area contributed by atoms with Gasteiger partial charge in [-0.15, -0.1) is 0 Å². The first kappa shape index (κ1) is 29.4. The normalized spacial score (nSPS) is 18.9. The summed E-state index contributed by atoms with van der Waals surface area (Å²) in [6.45, 7) is 8.89. The second kappa shape index (κ2) is 11.3. The molecule has 5 rings (SSSR count). The van der Waals surface area contributed by atoms with E-state index in [0.29, 0.717) is 18.1 Å². The van der Waals surface area contributed by atoms with Crippen LogP contribution in [0.2, 0.25) is 0 Å². The van der Waals surface area contributed by atoms with Crippen molar-refractivity contribution in [3.05, 3.63) is 59.3 Å². The Bertz CT molecular complexity index is 1540.